The molecule has 1 heterocycles. The molecule has 112 valence electrons. The molecule has 0 aliphatic rings. The number of sulfone groups is 1. The van der Waals surface area contributed by atoms with Gasteiger partial charge >= 0.3 is 0 Å². The molecule has 1 aromatic heterocycles. The maximum atomic E-state index is 13.1. The third kappa shape index (κ3) is 2.29. The summed E-state index contributed by atoms with van der Waals surface area (Å²) in [4.78, 5) is 14.3. The van der Waals surface area contributed by atoms with Gasteiger partial charge in [-0.15, -0.1) is 0 Å². The number of aromatic nitrogens is 1. The Kier molecular flexibility index (Phi) is 3.29. The molecule has 3 aromatic rings. The van der Waals surface area contributed by atoms with E-state index >= 15 is 0 Å². The van der Waals surface area contributed by atoms with Crippen LogP contribution in [0.4, 0.5) is 8.78 Å². The van der Waals surface area contributed by atoms with Gasteiger partial charge in [0.05, 0.1) is 10.4 Å². The minimum atomic E-state index is -4.09. The van der Waals surface area contributed by atoms with Crippen LogP contribution in [0.1, 0.15) is 0 Å². The van der Waals surface area contributed by atoms with Gasteiger partial charge in [-0.3, -0.25) is 4.79 Å². The second kappa shape index (κ2) is 5.03. The average molecular weight is 321 g/mol. The third-order valence-electron chi connectivity index (χ3n) is 3.22. The SMILES string of the molecule is O=c1c(S(=O)(=O)c2ccc(F)cc2)c[nH]c2cc(F)ccc12. The topological polar surface area (TPSA) is 67.0 Å². The number of hydrogen-bond acceptors (Lipinski definition) is 3. The largest absolute Gasteiger partial charge is 0.360 e. The summed E-state index contributed by atoms with van der Waals surface area (Å²) in [6, 6.07) is 7.55. The van der Waals surface area contributed by atoms with E-state index in [1.165, 1.54) is 6.07 Å². The Balaban J connectivity index is 2.26. The van der Waals surface area contributed by atoms with Gasteiger partial charge in [-0.2, -0.15) is 0 Å². The summed E-state index contributed by atoms with van der Waals surface area (Å²) in [6.45, 7) is 0. The number of halogens is 2. The Morgan fingerprint density at radius 1 is 0.909 bits per heavy atom. The molecule has 2 aromatic carbocycles. The van der Waals surface area contributed by atoms with E-state index in [0.717, 1.165) is 42.6 Å². The number of aromatic amines is 1. The van der Waals surface area contributed by atoms with E-state index in [1.807, 2.05) is 0 Å². The molecule has 0 saturated carbocycles. The molecular formula is C15H9F2NO3S. The molecule has 0 atom stereocenters. The van der Waals surface area contributed by atoms with Crippen LogP contribution in [-0.4, -0.2) is 13.4 Å². The maximum Gasteiger partial charge on any atom is 0.211 e. The lowest BCUT2D eigenvalue weighted by Gasteiger charge is -2.05. The first kappa shape index (κ1) is 14.4. The zero-order valence-electron chi connectivity index (χ0n) is 11.0. The van der Waals surface area contributed by atoms with Gasteiger partial charge in [0.1, 0.15) is 16.5 Å². The van der Waals surface area contributed by atoms with Crippen LogP contribution in [0.15, 0.2) is 63.2 Å². The zero-order valence-corrected chi connectivity index (χ0v) is 11.8. The smallest absolute Gasteiger partial charge is 0.211 e. The van der Waals surface area contributed by atoms with Crippen molar-refractivity contribution in [3.63, 3.8) is 0 Å². The van der Waals surface area contributed by atoms with Crippen molar-refractivity contribution in [1.82, 2.24) is 4.98 Å². The molecule has 0 spiro atoms. The normalized spacial score (nSPS) is 11.7. The first-order valence-electron chi connectivity index (χ1n) is 6.21. The van der Waals surface area contributed by atoms with E-state index in [2.05, 4.69) is 4.98 Å². The molecule has 0 radical (unpaired) electrons. The molecule has 1 N–H and O–H groups in total. The van der Waals surface area contributed by atoms with E-state index < -0.39 is 31.8 Å². The van der Waals surface area contributed by atoms with Gasteiger partial charge in [0.25, 0.3) is 0 Å². The lowest BCUT2D eigenvalue weighted by molar-refractivity contribution is 0.594. The van der Waals surface area contributed by atoms with Crippen LogP contribution in [0.5, 0.6) is 0 Å². The molecule has 0 saturated heterocycles. The Morgan fingerprint density at radius 3 is 2.23 bits per heavy atom. The molecule has 0 unspecified atom stereocenters. The molecule has 0 amide bonds. The lowest BCUT2D eigenvalue weighted by atomic mass is 10.2. The summed E-state index contributed by atoms with van der Waals surface area (Å²) in [7, 11) is -4.09. The van der Waals surface area contributed by atoms with Crippen LogP contribution in [0.3, 0.4) is 0 Å². The highest BCUT2D eigenvalue weighted by atomic mass is 32.2. The van der Waals surface area contributed by atoms with Crippen LogP contribution in [-0.2, 0) is 9.84 Å². The Hall–Kier alpha value is -2.54. The van der Waals surface area contributed by atoms with E-state index in [4.69, 9.17) is 0 Å². The van der Waals surface area contributed by atoms with E-state index in [9.17, 15) is 22.0 Å². The summed E-state index contributed by atoms with van der Waals surface area (Å²) < 4.78 is 51.0. The monoisotopic (exact) mass is 321 g/mol. The second-order valence-electron chi connectivity index (χ2n) is 4.63. The van der Waals surface area contributed by atoms with Gasteiger partial charge in [0, 0.05) is 11.6 Å². The Labute approximate surface area is 124 Å². The van der Waals surface area contributed by atoms with E-state index in [1.54, 1.807) is 0 Å². The predicted molar refractivity (Wildman–Crippen MR) is 76.4 cm³/mol. The first-order valence-corrected chi connectivity index (χ1v) is 7.69. The Morgan fingerprint density at radius 2 is 1.55 bits per heavy atom. The van der Waals surface area contributed by atoms with Gasteiger partial charge in [-0.05, 0) is 42.5 Å². The molecule has 0 fully saturated rings. The quantitative estimate of drug-likeness (QED) is 0.738. The van der Waals surface area contributed by atoms with Crippen LogP contribution >= 0.6 is 0 Å². The van der Waals surface area contributed by atoms with Crippen LogP contribution < -0.4 is 5.43 Å². The molecule has 7 heteroatoms. The molecule has 22 heavy (non-hydrogen) atoms. The summed E-state index contributed by atoms with van der Waals surface area (Å²) in [6.07, 6.45) is 1.02. The molecule has 0 aliphatic carbocycles. The maximum absolute atomic E-state index is 13.1. The van der Waals surface area contributed by atoms with Crippen molar-refractivity contribution in [3.05, 3.63) is 70.5 Å². The van der Waals surface area contributed by atoms with E-state index in [0.29, 0.717) is 0 Å². The fourth-order valence-corrected chi connectivity index (χ4v) is 3.43. The molecule has 0 aliphatic heterocycles. The molecule has 4 nitrogen and oxygen atoms in total. The average Bonchev–Trinajstić information content (AvgIpc) is 2.47. The highest BCUT2D eigenvalue weighted by Crippen LogP contribution is 2.20. The van der Waals surface area contributed by atoms with Gasteiger partial charge in [0.2, 0.25) is 15.3 Å². The van der Waals surface area contributed by atoms with Crippen LogP contribution in [0, 0.1) is 11.6 Å². The highest BCUT2D eigenvalue weighted by Gasteiger charge is 2.22. The zero-order chi connectivity index (χ0) is 15.9. The van der Waals surface area contributed by atoms with Crippen molar-refractivity contribution in [2.24, 2.45) is 0 Å². The number of H-pyrrole nitrogens is 1. The molecule has 0 bridgehead atoms. The number of hydrogen-bond donors (Lipinski definition) is 1. The van der Waals surface area contributed by atoms with Crippen molar-refractivity contribution < 1.29 is 17.2 Å². The standard InChI is InChI=1S/C15H9F2NO3S/c16-9-1-4-11(5-2-9)22(20,21)14-8-18-13-7-10(17)3-6-12(13)15(14)19/h1-8H,(H,18,19). The number of benzene rings is 2. The minimum Gasteiger partial charge on any atom is -0.360 e. The van der Waals surface area contributed by atoms with Gasteiger partial charge < -0.3 is 4.98 Å². The first-order chi connectivity index (χ1) is 10.4. The number of fused-ring (bicyclic) bond motifs is 1. The Bertz CT molecular complexity index is 1020. The fraction of sp³-hybridized carbons (Fsp3) is 0. The minimum absolute atomic E-state index is 0.0598. The number of nitrogens with one attached hydrogen (secondary N) is 1. The van der Waals surface area contributed by atoms with Crippen LogP contribution in [0.25, 0.3) is 10.9 Å². The number of pyridine rings is 1. The van der Waals surface area contributed by atoms with Crippen LogP contribution in [0.2, 0.25) is 0 Å². The van der Waals surface area contributed by atoms with Gasteiger partial charge in [-0.1, -0.05) is 0 Å². The summed E-state index contributed by atoms with van der Waals surface area (Å²) >= 11 is 0. The summed E-state index contributed by atoms with van der Waals surface area (Å²) in [5.41, 5.74) is -0.541. The molecular weight excluding hydrogens is 312 g/mol. The van der Waals surface area contributed by atoms with Gasteiger partial charge in [0.15, 0.2) is 0 Å². The summed E-state index contributed by atoms with van der Waals surface area (Å²) in [5, 5.41) is 0.0598. The predicted octanol–water partition coefficient (Wildman–Crippen LogP) is 2.64. The van der Waals surface area contributed by atoms with Gasteiger partial charge in [-0.25, -0.2) is 17.2 Å². The van der Waals surface area contributed by atoms with Crippen molar-refractivity contribution in [2.75, 3.05) is 0 Å². The molecule has 3 rings (SSSR count). The van der Waals surface area contributed by atoms with Crippen molar-refractivity contribution in [3.8, 4) is 0 Å². The second-order valence-corrected chi connectivity index (χ2v) is 6.55. The van der Waals surface area contributed by atoms with Crippen molar-refractivity contribution in [2.45, 2.75) is 9.79 Å². The fourth-order valence-electron chi connectivity index (χ4n) is 2.12. The summed E-state index contributed by atoms with van der Waals surface area (Å²) in [5.74, 6) is -1.13. The lowest BCUT2D eigenvalue weighted by Crippen LogP contribution is -2.16. The highest BCUT2D eigenvalue weighted by molar-refractivity contribution is 7.91. The van der Waals surface area contributed by atoms with E-state index in [-0.39, 0.29) is 15.8 Å². The third-order valence-corrected chi connectivity index (χ3v) is 5.00. The van der Waals surface area contributed by atoms with Crippen molar-refractivity contribution >= 4 is 20.7 Å². The van der Waals surface area contributed by atoms with Crippen molar-refractivity contribution in [1.29, 1.82) is 0 Å². The number of rotatable bonds is 2.